The molecule has 172 valence electrons. The SMILES string of the molecule is CC1(C)C2=C(CN1C(=O)NC1CC1c1ccccc1)C(Nc1nc(Cl)nc3ccccc13)=NC2. The molecule has 0 spiro atoms. The third-order valence-electron chi connectivity index (χ3n) is 7.16. The number of nitrogens with zero attached hydrogens (tertiary/aromatic N) is 4. The van der Waals surface area contributed by atoms with Crippen molar-refractivity contribution in [3.05, 3.63) is 76.6 Å². The number of amides is 2. The van der Waals surface area contributed by atoms with Gasteiger partial charge in [-0.15, -0.1) is 0 Å². The van der Waals surface area contributed by atoms with Crippen molar-refractivity contribution >= 4 is 40.2 Å². The van der Waals surface area contributed by atoms with Crippen LogP contribution in [0.4, 0.5) is 10.6 Å². The van der Waals surface area contributed by atoms with Gasteiger partial charge in [0.15, 0.2) is 0 Å². The quantitative estimate of drug-likeness (QED) is 0.538. The first-order valence-electron chi connectivity index (χ1n) is 11.5. The lowest BCUT2D eigenvalue weighted by atomic mass is 9.94. The predicted octanol–water partition coefficient (Wildman–Crippen LogP) is 4.76. The van der Waals surface area contributed by atoms with E-state index >= 15 is 0 Å². The number of fused-ring (bicyclic) bond motifs is 1. The van der Waals surface area contributed by atoms with Crippen LogP contribution in [0, 0.1) is 0 Å². The van der Waals surface area contributed by atoms with Gasteiger partial charge in [-0.05, 0) is 55.1 Å². The number of hydrogen-bond acceptors (Lipinski definition) is 5. The number of benzene rings is 2. The smallest absolute Gasteiger partial charge is 0.318 e. The molecule has 1 aliphatic carbocycles. The zero-order valence-electron chi connectivity index (χ0n) is 19.0. The first-order valence-corrected chi connectivity index (χ1v) is 11.9. The van der Waals surface area contributed by atoms with Crippen LogP contribution in [0.2, 0.25) is 5.28 Å². The molecule has 0 bridgehead atoms. The summed E-state index contributed by atoms with van der Waals surface area (Å²) in [5, 5.41) is 7.67. The van der Waals surface area contributed by atoms with Crippen molar-refractivity contribution in [1.29, 1.82) is 0 Å². The molecule has 2 unspecified atom stereocenters. The third kappa shape index (κ3) is 3.51. The van der Waals surface area contributed by atoms with Crippen LogP contribution in [0.3, 0.4) is 0 Å². The number of para-hydroxylation sites is 1. The molecule has 1 saturated carbocycles. The number of anilines is 1. The van der Waals surface area contributed by atoms with E-state index in [0.29, 0.717) is 24.8 Å². The average molecular weight is 473 g/mol. The van der Waals surface area contributed by atoms with Crippen LogP contribution in [-0.4, -0.2) is 51.4 Å². The Balaban J connectivity index is 1.19. The number of aliphatic imine (C=N–C) groups is 1. The largest absolute Gasteiger partial charge is 0.335 e. The van der Waals surface area contributed by atoms with Gasteiger partial charge < -0.3 is 15.5 Å². The molecule has 2 N–H and O–H groups in total. The van der Waals surface area contributed by atoms with Crippen LogP contribution in [0.15, 0.2) is 70.7 Å². The molecule has 2 aromatic carbocycles. The van der Waals surface area contributed by atoms with Crippen molar-refractivity contribution in [2.24, 2.45) is 4.99 Å². The van der Waals surface area contributed by atoms with E-state index in [1.54, 1.807) is 0 Å². The van der Waals surface area contributed by atoms with E-state index in [1.807, 2.05) is 47.4 Å². The molecule has 7 nitrogen and oxygen atoms in total. The van der Waals surface area contributed by atoms with Crippen LogP contribution in [0.25, 0.3) is 10.9 Å². The Hall–Kier alpha value is -3.45. The third-order valence-corrected chi connectivity index (χ3v) is 7.33. The summed E-state index contributed by atoms with van der Waals surface area (Å²) in [7, 11) is 0. The highest BCUT2D eigenvalue weighted by atomic mass is 35.5. The molecule has 0 radical (unpaired) electrons. The Morgan fingerprint density at radius 2 is 1.85 bits per heavy atom. The van der Waals surface area contributed by atoms with Crippen molar-refractivity contribution < 1.29 is 4.79 Å². The summed E-state index contributed by atoms with van der Waals surface area (Å²) in [6, 6.07) is 18.2. The molecule has 3 heterocycles. The monoisotopic (exact) mass is 472 g/mol. The fraction of sp³-hybridized carbons (Fsp3) is 0.308. The van der Waals surface area contributed by atoms with Gasteiger partial charge in [0.2, 0.25) is 5.28 Å². The molecule has 34 heavy (non-hydrogen) atoms. The highest BCUT2D eigenvalue weighted by Gasteiger charge is 2.47. The van der Waals surface area contributed by atoms with E-state index in [-0.39, 0.29) is 17.4 Å². The molecule has 2 atom stereocenters. The number of nitrogens with one attached hydrogen (secondary N) is 2. The summed E-state index contributed by atoms with van der Waals surface area (Å²) in [5.74, 6) is 1.75. The van der Waals surface area contributed by atoms with E-state index in [9.17, 15) is 4.79 Å². The van der Waals surface area contributed by atoms with Gasteiger partial charge in [0.05, 0.1) is 24.1 Å². The normalized spacial score (nSPS) is 22.6. The Bertz CT molecular complexity index is 1370. The van der Waals surface area contributed by atoms with Gasteiger partial charge in [-0.2, -0.15) is 4.98 Å². The number of aromatic nitrogens is 2. The molecule has 1 fully saturated rings. The summed E-state index contributed by atoms with van der Waals surface area (Å²) in [6.45, 7) is 5.23. The summed E-state index contributed by atoms with van der Waals surface area (Å²) in [5.41, 5.74) is 3.83. The molecule has 6 rings (SSSR count). The van der Waals surface area contributed by atoms with Gasteiger partial charge in [-0.1, -0.05) is 42.5 Å². The summed E-state index contributed by atoms with van der Waals surface area (Å²) < 4.78 is 0. The van der Waals surface area contributed by atoms with Gasteiger partial charge in [-0.3, -0.25) is 4.99 Å². The molecule has 2 amide bonds. The molecular formula is C26H25ClN6O. The van der Waals surface area contributed by atoms with Crippen LogP contribution < -0.4 is 10.6 Å². The van der Waals surface area contributed by atoms with Crippen LogP contribution in [0.1, 0.15) is 31.7 Å². The van der Waals surface area contributed by atoms with Crippen LogP contribution in [-0.2, 0) is 0 Å². The summed E-state index contributed by atoms with van der Waals surface area (Å²) >= 11 is 6.17. The van der Waals surface area contributed by atoms with Gasteiger partial charge in [0.1, 0.15) is 11.7 Å². The number of carbonyl (C=O) groups excluding carboxylic acids is 1. The fourth-order valence-corrected chi connectivity index (χ4v) is 5.28. The van der Waals surface area contributed by atoms with Crippen LogP contribution in [0.5, 0.6) is 0 Å². The zero-order valence-corrected chi connectivity index (χ0v) is 19.8. The summed E-state index contributed by atoms with van der Waals surface area (Å²) in [6.07, 6.45) is 0.979. The first kappa shape index (κ1) is 21.1. The Labute approximate surface area is 203 Å². The Morgan fingerprint density at radius 3 is 2.68 bits per heavy atom. The lowest BCUT2D eigenvalue weighted by Gasteiger charge is -2.34. The summed E-state index contributed by atoms with van der Waals surface area (Å²) in [4.78, 5) is 28.6. The molecule has 3 aliphatic rings. The van der Waals surface area contributed by atoms with Gasteiger partial charge in [-0.25, -0.2) is 9.78 Å². The lowest BCUT2D eigenvalue weighted by Crippen LogP contribution is -2.51. The molecule has 3 aromatic rings. The van der Waals surface area contributed by atoms with Gasteiger partial charge in [0, 0.05) is 22.9 Å². The zero-order chi connectivity index (χ0) is 23.4. The van der Waals surface area contributed by atoms with Crippen LogP contribution >= 0.6 is 11.6 Å². The molecular weight excluding hydrogens is 448 g/mol. The van der Waals surface area contributed by atoms with E-state index in [2.05, 4.69) is 46.6 Å². The minimum atomic E-state index is -0.422. The number of carbonyl (C=O) groups is 1. The maximum Gasteiger partial charge on any atom is 0.318 e. The van der Waals surface area contributed by atoms with Gasteiger partial charge in [0.25, 0.3) is 0 Å². The topological polar surface area (TPSA) is 82.5 Å². The number of halogens is 1. The second-order valence-electron chi connectivity index (χ2n) is 9.56. The van der Waals surface area contributed by atoms with Gasteiger partial charge >= 0.3 is 6.03 Å². The second-order valence-corrected chi connectivity index (χ2v) is 9.90. The molecule has 1 aromatic heterocycles. The van der Waals surface area contributed by atoms with Crippen molar-refractivity contribution in [1.82, 2.24) is 20.2 Å². The maximum absolute atomic E-state index is 13.3. The number of amidine groups is 1. The van der Waals surface area contributed by atoms with Crippen molar-refractivity contribution in [3.8, 4) is 0 Å². The Kier molecular flexibility index (Phi) is 4.85. The number of rotatable bonds is 3. The predicted molar refractivity (Wildman–Crippen MR) is 134 cm³/mol. The van der Waals surface area contributed by atoms with E-state index in [1.165, 1.54) is 5.56 Å². The lowest BCUT2D eigenvalue weighted by molar-refractivity contribution is 0.170. The molecule has 8 heteroatoms. The second kappa shape index (κ2) is 7.81. The minimum absolute atomic E-state index is 0.0299. The van der Waals surface area contributed by atoms with Crippen molar-refractivity contribution in [2.75, 3.05) is 18.4 Å². The minimum Gasteiger partial charge on any atom is -0.335 e. The highest BCUT2D eigenvalue weighted by Crippen LogP contribution is 2.42. The number of hydrogen-bond donors (Lipinski definition) is 2. The van der Waals surface area contributed by atoms with E-state index in [0.717, 1.165) is 34.3 Å². The first-order chi connectivity index (χ1) is 16.4. The maximum atomic E-state index is 13.3. The van der Waals surface area contributed by atoms with E-state index < -0.39 is 5.54 Å². The number of urea groups is 1. The Morgan fingerprint density at radius 1 is 1.09 bits per heavy atom. The van der Waals surface area contributed by atoms with Crippen molar-refractivity contribution in [2.45, 2.75) is 37.8 Å². The highest BCUT2D eigenvalue weighted by molar-refractivity contribution is 6.29. The van der Waals surface area contributed by atoms with E-state index in [4.69, 9.17) is 16.6 Å². The fourth-order valence-electron chi connectivity index (χ4n) is 5.10. The molecule has 2 aliphatic heterocycles. The molecule has 0 saturated heterocycles. The van der Waals surface area contributed by atoms with Crippen molar-refractivity contribution in [3.63, 3.8) is 0 Å². The standard InChI is InChI=1S/C26H25ClN6O/c1-26(2)19-13-28-22(31-23-16-10-6-7-11-20(16)29-24(27)32-23)18(19)14-33(26)25(34)30-21-12-17(21)15-8-4-3-5-9-15/h3-11,17,21H,12-14H2,1-2H3,(H,30,34)(H,28,29,31,32). The average Bonchev–Trinajstić information content (AvgIpc) is 3.38.